The van der Waals surface area contributed by atoms with Gasteiger partial charge in [-0.1, -0.05) is 36.4 Å². The highest BCUT2D eigenvalue weighted by atomic mass is 19.1. The molecule has 0 saturated heterocycles. The lowest BCUT2D eigenvalue weighted by atomic mass is 10.4. The van der Waals surface area contributed by atoms with E-state index in [1.165, 1.54) is 0 Å². The maximum Gasteiger partial charge on any atom is 0.150 e. The number of aldehydes is 1. The fourth-order valence-corrected chi connectivity index (χ4v) is 0.385. The van der Waals surface area contributed by atoms with Crippen LogP contribution in [0.5, 0.6) is 0 Å². The Morgan fingerprint density at radius 3 is 1.30 bits per heavy atom. The second-order valence-corrected chi connectivity index (χ2v) is 1.48. The zero-order valence-electron chi connectivity index (χ0n) is 5.53. The fourth-order valence-electron chi connectivity index (χ4n) is 0.385. The molecule has 0 fully saturated rings. The number of carbonyl (C=O) groups excluding carboxylic acids is 1. The lowest BCUT2D eigenvalue weighted by Crippen LogP contribution is -1.65. The van der Waals surface area contributed by atoms with E-state index >= 15 is 0 Å². The molecule has 0 aliphatic heterocycles. The molecule has 54 valence electrons. The number of benzene rings is 1. The van der Waals surface area contributed by atoms with Crippen LogP contribution in [-0.4, -0.2) is 13.0 Å². The Morgan fingerprint density at radius 1 is 1.00 bits per heavy atom. The first-order valence-electron chi connectivity index (χ1n) is 2.91. The minimum absolute atomic E-state index is 0.208. The van der Waals surface area contributed by atoms with Crippen LogP contribution in [-0.2, 0) is 4.79 Å². The predicted octanol–water partition coefficient (Wildman–Crippen LogP) is 1.84. The molecule has 0 saturated carbocycles. The van der Waals surface area contributed by atoms with Gasteiger partial charge in [0, 0.05) is 0 Å². The van der Waals surface area contributed by atoms with Crippen LogP contribution in [0.3, 0.4) is 0 Å². The lowest BCUT2D eigenvalue weighted by molar-refractivity contribution is -0.108. The van der Waals surface area contributed by atoms with Crippen molar-refractivity contribution in [3.63, 3.8) is 0 Å². The summed E-state index contributed by atoms with van der Waals surface area (Å²) in [5, 5.41) is 0. The van der Waals surface area contributed by atoms with Crippen molar-refractivity contribution in [1.29, 1.82) is 0 Å². The van der Waals surface area contributed by atoms with Crippen LogP contribution in [0.25, 0.3) is 0 Å². The summed E-state index contributed by atoms with van der Waals surface area (Å²) in [4.78, 5) is 8.80. The summed E-state index contributed by atoms with van der Waals surface area (Å²) in [6, 6.07) is 12.0. The largest absolute Gasteiger partial charge is 0.300 e. The maximum absolute atomic E-state index is 10.4. The monoisotopic (exact) mass is 140 g/mol. The van der Waals surface area contributed by atoms with Crippen LogP contribution >= 0.6 is 0 Å². The first-order valence-corrected chi connectivity index (χ1v) is 2.91. The van der Waals surface area contributed by atoms with Gasteiger partial charge in [-0.2, -0.15) is 0 Å². The van der Waals surface area contributed by atoms with Gasteiger partial charge in [-0.3, -0.25) is 0 Å². The number of carbonyl (C=O) groups is 1. The topological polar surface area (TPSA) is 17.1 Å². The van der Waals surface area contributed by atoms with E-state index in [4.69, 9.17) is 4.79 Å². The van der Waals surface area contributed by atoms with Crippen molar-refractivity contribution in [3.05, 3.63) is 36.4 Å². The van der Waals surface area contributed by atoms with Gasteiger partial charge in [0.1, 0.15) is 6.67 Å². The summed E-state index contributed by atoms with van der Waals surface area (Å²) in [6.45, 7) is -0.861. The average Bonchev–Trinajstić information content (AvgIpc) is 2.08. The highest BCUT2D eigenvalue weighted by molar-refractivity contribution is 5.50. The standard InChI is InChI=1S/C6H6.C2H3FO/c1-2-4-6-5-3-1;3-1-2-4/h1-6H;2H,1H2. The summed E-state index contributed by atoms with van der Waals surface area (Å²) in [5.74, 6) is 0. The van der Waals surface area contributed by atoms with Crippen LogP contribution < -0.4 is 0 Å². The van der Waals surface area contributed by atoms with Crippen molar-refractivity contribution < 1.29 is 9.18 Å². The Bertz CT molecular complexity index is 124. The first kappa shape index (κ1) is 8.82. The highest BCUT2D eigenvalue weighted by Gasteiger charge is 1.58. The van der Waals surface area contributed by atoms with Gasteiger partial charge in [0.15, 0.2) is 6.29 Å². The molecule has 0 amide bonds. The molecule has 0 aromatic heterocycles. The molecule has 1 rings (SSSR count). The molecule has 1 aromatic carbocycles. The molecule has 0 spiro atoms. The van der Waals surface area contributed by atoms with Crippen molar-refractivity contribution in [1.82, 2.24) is 0 Å². The smallest absolute Gasteiger partial charge is 0.150 e. The average molecular weight is 140 g/mol. The van der Waals surface area contributed by atoms with Gasteiger partial charge in [-0.25, -0.2) is 4.39 Å². The van der Waals surface area contributed by atoms with Crippen molar-refractivity contribution in [2.75, 3.05) is 6.67 Å². The predicted molar refractivity (Wildman–Crippen MR) is 38.5 cm³/mol. The third-order valence-electron chi connectivity index (χ3n) is 0.730. The van der Waals surface area contributed by atoms with Gasteiger partial charge in [-0.15, -0.1) is 0 Å². The van der Waals surface area contributed by atoms with Crippen LogP contribution in [0.1, 0.15) is 0 Å². The highest BCUT2D eigenvalue weighted by Crippen LogP contribution is 1.79. The second kappa shape index (κ2) is 7.82. The molecule has 0 atom stereocenters. The van der Waals surface area contributed by atoms with Gasteiger partial charge in [-0.05, 0) is 0 Å². The van der Waals surface area contributed by atoms with Gasteiger partial charge in [0.05, 0.1) is 0 Å². The molecule has 0 N–H and O–H groups in total. The number of halogens is 1. The molecular weight excluding hydrogens is 131 g/mol. The van der Waals surface area contributed by atoms with E-state index in [1.807, 2.05) is 36.4 Å². The van der Waals surface area contributed by atoms with Crippen molar-refractivity contribution in [3.8, 4) is 0 Å². The molecule has 0 unspecified atom stereocenters. The van der Waals surface area contributed by atoms with Crippen LogP contribution in [0.4, 0.5) is 4.39 Å². The Hall–Kier alpha value is -1.18. The molecule has 0 aliphatic rings. The molecule has 0 radical (unpaired) electrons. The van der Waals surface area contributed by atoms with Gasteiger partial charge in [0.25, 0.3) is 0 Å². The van der Waals surface area contributed by atoms with Gasteiger partial charge < -0.3 is 4.79 Å². The van der Waals surface area contributed by atoms with E-state index in [-0.39, 0.29) is 6.29 Å². The molecular formula is C8H9FO. The Kier molecular flexibility index (Phi) is 6.90. The Labute approximate surface area is 59.5 Å². The van der Waals surface area contributed by atoms with Crippen LogP contribution in [0, 0.1) is 0 Å². The molecule has 1 nitrogen and oxygen atoms in total. The number of hydrogen-bond donors (Lipinski definition) is 0. The zero-order chi connectivity index (χ0) is 7.66. The molecule has 0 heterocycles. The minimum atomic E-state index is -0.861. The first-order chi connectivity index (χ1) is 4.91. The second-order valence-electron chi connectivity index (χ2n) is 1.48. The van der Waals surface area contributed by atoms with Crippen molar-refractivity contribution >= 4 is 6.29 Å². The van der Waals surface area contributed by atoms with Crippen molar-refractivity contribution in [2.45, 2.75) is 0 Å². The molecule has 2 heteroatoms. The summed E-state index contributed by atoms with van der Waals surface area (Å²) >= 11 is 0. The van der Waals surface area contributed by atoms with E-state index in [1.54, 1.807) is 0 Å². The Morgan fingerprint density at radius 2 is 1.20 bits per heavy atom. The number of hydrogen-bond acceptors (Lipinski definition) is 1. The van der Waals surface area contributed by atoms with E-state index in [2.05, 4.69) is 0 Å². The number of alkyl halides is 1. The van der Waals surface area contributed by atoms with E-state index < -0.39 is 6.67 Å². The van der Waals surface area contributed by atoms with Crippen LogP contribution in [0.2, 0.25) is 0 Å². The summed E-state index contributed by atoms with van der Waals surface area (Å²) in [6.07, 6.45) is 0.208. The van der Waals surface area contributed by atoms with Crippen molar-refractivity contribution in [2.24, 2.45) is 0 Å². The Balaban J connectivity index is 0.000000180. The third kappa shape index (κ3) is 6.82. The third-order valence-corrected chi connectivity index (χ3v) is 0.730. The SMILES string of the molecule is O=CCF.c1ccccc1. The van der Waals surface area contributed by atoms with Crippen LogP contribution in [0.15, 0.2) is 36.4 Å². The number of rotatable bonds is 1. The normalized spacial score (nSPS) is 7.30. The van der Waals surface area contributed by atoms with E-state index in [0.29, 0.717) is 0 Å². The summed E-state index contributed by atoms with van der Waals surface area (Å²) in [7, 11) is 0. The molecule has 10 heavy (non-hydrogen) atoms. The molecule has 1 aromatic rings. The van der Waals surface area contributed by atoms with Gasteiger partial charge >= 0.3 is 0 Å². The summed E-state index contributed by atoms with van der Waals surface area (Å²) in [5.41, 5.74) is 0. The summed E-state index contributed by atoms with van der Waals surface area (Å²) < 4.78 is 10.4. The molecule has 0 bridgehead atoms. The zero-order valence-corrected chi connectivity index (χ0v) is 5.53. The van der Waals surface area contributed by atoms with E-state index in [9.17, 15) is 4.39 Å². The fraction of sp³-hybridized carbons (Fsp3) is 0.125. The quantitative estimate of drug-likeness (QED) is 0.544. The maximum atomic E-state index is 10.4. The van der Waals surface area contributed by atoms with E-state index in [0.717, 1.165) is 0 Å². The minimum Gasteiger partial charge on any atom is -0.300 e. The lowest BCUT2D eigenvalue weighted by Gasteiger charge is -1.69. The molecule has 0 aliphatic carbocycles. The van der Waals surface area contributed by atoms with Gasteiger partial charge in [0.2, 0.25) is 0 Å².